The number of amides is 2. The monoisotopic (exact) mass is 388 g/mol. The first-order valence-electron chi connectivity index (χ1n) is 8.65. The molecule has 146 valence electrons. The third-order valence-corrected chi connectivity index (χ3v) is 4.72. The van der Waals surface area contributed by atoms with Gasteiger partial charge in [0.2, 0.25) is 11.8 Å². The number of nitrogens with one attached hydrogen (secondary N) is 1. The molecule has 0 spiro atoms. The molecule has 1 fully saturated rings. The van der Waals surface area contributed by atoms with Crippen molar-refractivity contribution in [2.45, 2.75) is 19.3 Å². The van der Waals surface area contributed by atoms with Gasteiger partial charge in [-0.3, -0.25) is 14.4 Å². The molecule has 2 unspecified atom stereocenters. The van der Waals surface area contributed by atoms with E-state index in [1.54, 1.807) is 24.3 Å². The summed E-state index contributed by atoms with van der Waals surface area (Å²) >= 11 is 0. The van der Waals surface area contributed by atoms with Gasteiger partial charge in [0.15, 0.2) is 0 Å². The molecule has 8 heteroatoms. The van der Waals surface area contributed by atoms with E-state index in [1.807, 2.05) is 0 Å². The Kier molecular flexibility index (Phi) is 5.39. The molecule has 2 aromatic rings. The summed E-state index contributed by atoms with van der Waals surface area (Å²) in [6, 6.07) is 9.35. The van der Waals surface area contributed by atoms with E-state index in [0.717, 1.165) is 11.0 Å². The molecule has 0 aromatic heterocycles. The van der Waals surface area contributed by atoms with Crippen LogP contribution in [-0.2, 0) is 14.4 Å². The van der Waals surface area contributed by atoms with Gasteiger partial charge in [-0.15, -0.1) is 0 Å². The molecule has 0 bridgehead atoms. The molecule has 1 aliphatic heterocycles. The molecule has 2 amide bonds. The third kappa shape index (κ3) is 4.00. The van der Waals surface area contributed by atoms with Gasteiger partial charge in [-0.05, 0) is 36.8 Å². The van der Waals surface area contributed by atoms with Gasteiger partial charge >= 0.3 is 5.97 Å². The van der Waals surface area contributed by atoms with Crippen molar-refractivity contribution in [3.05, 3.63) is 59.7 Å². The molecule has 2 aromatic carbocycles. The molecule has 28 heavy (non-hydrogen) atoms. The molecule has 0 aliphatic carbocycles. The standard InChI is InChI=1S/C20H18F2N2O4/c1-11(20(27)28)12-3-2-4-15(7-12)23-19(26)13-8-18(25)24(10-13)17-6-5-14(21)9-16(17)22/h2-7,9,11,13H,8,10H2,1H3,(H,23,26)(H,27,28). The summed E-state index contributed by atoms with van der Waals surface area (Å²) in [4.78, 5) is 37.0. The molecular weight excluding hydrogens is 370 g/mol. The van der Waals surface area contributed by atoms with E-state index < -0.39 is 41.3 Å². The normalized spacial score (nSPS) is 17.5. The molecule has 1 aliphatic rings. The Morgan fingerprint density at radius 3 is 2.64 bits per heavy atom. The van der Waals surface area contributed by atoms with E-state index in [9.17, 15) is 23.2 Å². The van der Waals surface area contributed by atoms with Gasteiger partial charge in [-0.1, -0.05) is 12.1 Å². The van der Waals surface area contributed by atoms with E-state index in [0.29, 0.717) is 17.3 Å². The number of aliphatic carboxylic acids is 1. The highest BCUT2D eigenvalue weighted by molar-refractivity contribution is 6.03. The highest BCUT2D eigenvalue weighted by Gasteiger charge is 2.36. The summed E-state index contributed by atoms with van der Waals surface area (Å²) in [7, 11) is 0. The fourth-order valence-corrected chi connectivity index (χ4v) is 3.09. The number of rotatable bonds is 5. The maximum Gasteiger partial charge on any atom is 0.310 e. The Morgan fingerprint density at radius 1 is 1.21 bits per heavy atom. The van der Waals surface area contributed by atoms with Crippen molar-refractivity contribution in [3.63, 3.8) is 0 Å². The Labute approximate surface area is 159 Å². The first-order chi connectivity index (χ1) is 13.3. The molecule has 2 atom stereocenters. The van der Waals surface area contributed by atoms with E-state index in [4.69, 9.17) is 5.11 Å². The van der Waals surface area contributed by atoms with Gasteiger partial charge in [-0.2, -0.15) is 0 Å². The number of carboxylic acids is 1. The maximum atomic E-state index is 14.0. The number of benzene rings is 2. The van der Waals surface area contributed by atoms with Crippen LogP contribution in [0, 0.1) is 17.6 Å². The SMILES string of the molecule is CC(C(=O)O)c1cccc(NC(=O)C2CC(=O)N(c3ccc(F)cc3F)C2)c1. The highest BCUT2D eigenvalue weighted by atomic mass is 19.1. The van der Waals surface area contributed by atoms with Crippen molar-refractivity contribution in [2.75, 3.05) is 16.8 Å². The van der Waals surface area contributed by atoms with Crippen LogP contribution in [0.2, 0.25) is 0 Å². The number of anilines is 2. The van der Waals surface area contributed by atoms with Gasteiger partial charge in [0, 0.05) is 24.7 Å². The largest absolute Gasteiger partial charge is 0.481 e. The number of hydrogen-bond donors (Lipinski definition) is 2. The summed E-state index contributed by atoms with van der Waals surface area (Å²) in [6.45, 7) is 1.51. The lowest BCUT2D eigenvalue weighted by molar-refractivity contribution is -0.138. The average Bonchev–Trinajstić information content (AvgIpc) is 3.03. The van der Waals surface area contributed by atoms with Crippen molar-refractivity contribution < 1.29 is 28.3 Å². The number of hydrogen-bond acceptors (Lipinski definition) is 3. The van der Waals surface area contributed by atoms with Crippen LogP contribution >= 0.6 is 0 Å². The van der Waals surface area contributed by atoms with Crippen molar-refractivity contribution in [3.8, 4) is 0 Å². The fourth-order valence-electron chi connectivity index (χ4n) is 3.09. The van der Waals surface area contributed by atoms with E-state index in [1.165, 1.54) is 13.0 Å². The average molecular weight is 388 g/mol. The minimum Gasteiger partial charge on any atom is -0.481 e. The molecule has 0 saturated carbocycles. The van der Waals surface area contributed by atoms with Crippen LogP contribution in [0.4, 0.5) is 20.2 Å². The lowest BCUT2D eigenvalue weighted by Crippen LogP contribution is -2.28. The number of nitrogens with zero attached hydrogens (tertiary/aromatic N) is 1. The second-order valence-corrected chi connectivity index (χ2v) is 6.68. The predicted octanol–water partition coefficient (Wildman–Crippen LogP) is 3.14. The van der Waals surface area contributed by atoms with E-state index >= 15 is 0 Å². The minimum atomic E-state index is -0.984. The minimum absolute atomic E-state index is 0.0293. The number of halogens is 2. The van der Waals surface area contributed by atoms with Crippen LogP contribution in [0.25, 0.3) is 0 Å². The quantitative estimate of drug-likeness (QED) is 0.824. The summed E-state index contributed by atoms with van der Waals surface area (Å²) in [5.74, 6) is -4.92. The van der Waals surface area contributed by atoms with Crippen LogP contribution in [0.5, 0.6) is 0 Å². The van der Waals surface area contributed by atoms with Gasteiger partial charge in [-0.25, -0.2) is 8.78 Å². The summed E-state index contributed by atoms with van der Waals surface area (Å²) in [6.07, 6.45) is -0.103. The summed E-state index contributed by atoms with van der Waals surface area (Å²) in [5, 5.41) is 11.8. The number of carbonyl (C=O) groups excluding carboxylic acids is 2. The maximum absolute atomic E-state index is 14.0. The van der Waals surface area contributed by atoms with Gasteiger partial charge < -0.3 is 15.3 Å². The van der Waals surface area contributed by atoms with Gasteiger partial charge in [0.1, 0.15) is 11.6 Å². The van der Waals surface area contributed by atoms with Gasteiger partial charge in [0.05, 0.1) is 17.5 Å². The Balaban J connectivity index is 1.71. The molecular formula is C20H18F2N2O4. The van der Waals surface area contributed by atoms with Crippen LogP contribution < -0.4 is 10.2 Å². The molecule has 6 nitrogen and oxygen atoms in total. The lowest BCUT2D eigenvalue weighted by Gasteiger charge is -2.17. The zero-order valence-corrected chi connectivity index (χ0v) is 15.0. The van der Waals surface area contributed by atoms with Crippen molar-refractivity contribution in [1.82, 2.24) is 0 Å². The van der Waals surface area contributed by atoms with Crippen LogP contribution in [-0.4, -0.2) is 29.4 Å². The summed E-state index contributed by atoms with van der Waals surface area (Å²) < 4.78 is 27.0. The Bertz CT molecular complexity index is 948. The lowest BCUT2D eigenvalue weighted by atomic mass is 10.0. The first-order valence-corrected chi connectivity index (χ1v) is 8.65. The topological polar surface area (TPSA) is 86.7 Å². The van der Waals surface area contributed by atoms with Crippen LogP contribution in [0.3, 0.4) is 0 Å². The second-order valence-electron chi connectivity index (χ2n) is 6.68. The van der Waals surface area contributed by atoms with Crippen molar-refractivity contribution >= 4 is 29.2 Å². The molecule has 0 radical (unpaired) electrons. The van der Waals surface area contributed by atoms with Crippen LogP contribution in [0.15, 0.2) is 42.5 Å². The second kappa shape index (κ2) is 7.75. The number of carbonyl (C=O) groups is 3. The van der Waals surface area contributed by atoms with Gasteiger partial charge in [0.25, 0.3) is 0 Å². The predicted molar refractivity (Wildman–Crippen MR) is 97.9 cm³/mol. The van der Waals surface area contributed by atoms with Crippen molar-refractivity contribution in [1.29, 1.82) is 0 Å². The fraction of sp³-hybridized carbons (Fsp3) is 0.250. The molecule has 2 N–H and O–H groups in total. The highest BCUT2D eigenvalue weighted by Crippen LogP contribution is 2.29. The molecule has 1 saturated heterocycles. The zero-order valence-electron chi connectivity index (χ0n) is 15.0. The number of carboxylic acid groups (broad SMARTS) is 1. The molecule has 3 rings (SSSR count). The van der Waals surface area contributed by atoms with Crippen molar-refractivity contribution in [2.24, 2.45) is 5.92 Å². The smallest absolute Gasteiger partial charge is 0.310 e. The van der Waals surface area contributed by atoms with E-state index in [2.05, 4.69) is 5.32 Å². The molecule has 1 heterocycles. The third-order valence-electron chi connectivity index (χ3n) is 4.72. The zero-order chi connectivity index (χ0) is 20.4. The van der Waals surface area contributed by atoms with E-state index in [-0.39, 0.29) is 18.7 Å². The Morgan fingerprint density at radius 2 is 1.96 bits per heavy atom. The van der Waals surface area contributed by atoms with Crippen LogP contribution in [0.1, 0.15) is 24.8 Å². The summed E-state index contributed by atoms with van der Waals surface area (Å²) in [5.41, 5.74) is 0.872. The first kappa shape index (κ1) is 19.5. The Hall–Kier alpha value is -3.29.